The number of alkyl carbamates (subject to hydrolysis) is 1. The topological polar surface area (TPSA) is 70.6 Å². The highest BCUT2D eigenvalue weighted by Crippen LogP contribution is 2.19. The molecule has 1 saturated carbocycles. The molecule has 0 radical (unpaired) electrons. The summed E-state index contributed by atoms with van der Waals surface area (Å²) in [5.41, 5.74) is -0.449. The molecule has 5 heteroatoms. The predicted molar refractivity (Wildman–Crippen MR) is 84.3 cm³/mol. The Labute approximate surface area is 128 Å². The number of nitrogens with one attached hydrogen (secondary N) is 2. The van der Waals surface area contributed by atoms with Gasteiger partial charge in [-0.2, -0.15) is 0 Å². The Balaban J connectivity index is 2.22. The van der Waals surface area contributed by atoms with Crippen LogP contribution in [0.2, 0.25) is 0 Å². The first kappa shape index (κ1) is 18.2. The van der Waals surface area contributed by atoms with E-state index < -0.39 is 5.60 Å². The standard InChI is InChI=1S/C16H32N2O3/c1-11(2)14(19)10-17-12-6-8-13(9-7-12)18-15(20)21-16(3,4)5/h11-14,17,19H,6-10H2,1-5H3,(H,18,20). The molecule has 1 aliphatic carbocycles. The van der Waals surface area contributed by atoms with Crippen LogP contribution in [-0.4, -0.2) is 41.5 Å². The molecule has 0 spiro atoms. The van der Waals surface area contributed by atoms with Gasteiger partial charge in [0.1, 0.15) is 5.60 Å². The van der Waals surface area contributed by atoms with Crippen LogP contribution in [0.4, 0.5) is 4.79 Å². The Hall–Kier alpha value is -0.810. The zero-order valence-corrected chi connectivity index (χ0v) is 14.1. The van der Waals surface area contributed by atoms with Crippen molar-refractivity contribution in [1.82, 2.24) is 10.6 Å². The largest absolute Gasteiger partial charge is 0.444 e. The number of hydrogen-bond donors (Lipinski definition) is 3. The van der Waals surface area contributed by atoms with Crippen molar-refractivity contribution in [2.45, 2.75) is 84.1 Å². The zero-order chi connectivity index (χ0) is 16.0. The van der Waals surface area contributed by atoms with E-state index in [0.29, 0.717) is 12.6 Å². The van der Waals surface area contributed by atoms with Gasteiger partial charge >= 0.3 is 6.09 Å². The van der Waals surface area contributed by atoms with Crippen LogP contribution in [0, 0.1) is 5.92 Å². The summed E-state index contributed by atoms with van der Waals surface area (Å²) in [6.45, 7) is 10.3. The Morgan fingerprint density at radius 3 is 2.19 bits per heavy atom. The third-order valence-corrected chi connectivity index (χ3v) is 3.83. The average Bonchev–Trinajstić information content (AvgIpc) is 2.35. The fourth-order valence-electron chi connectivity index (χ4n) is 2.44. The lowest BCUT2D eigenvalue weighted by Gasteiger charge is -2.31. The van der Waals surface area contributed by atoms with Gasteiger partial charge in [0.25, 0.3) is 0 Å². The van der Waals surface area contributed by atoms with Gasteiger partial charge < -0.3 is 20.5 Å². The summed E-state index contributed by atoms with van der Waals surface area (Å²) in [6.07, 6.45) is 3.33. The maximum atomic E-state index is 11.7. The molecule has 0 aliphatic heterocycles. The van der Waals surface area contributed by atoms with E-state index in [0.717, 1.165) is 25.7 Å². The van der Waals surface area contributed by atoms with Crippen LogP contribution in [0.25, 0.3) is 0 Å². The maximum Gasteiger partial charge on any atom is 0.407 e. The molecule has 1 rings (SSSR count). The Kier molecular flexibility index (Phi) is 6.94. The highest BCUT2D eigenvalue weighted by molar-refractivity contribution is 5.68. The van der Waals surface area contributed by atoms with Crippen molar-refractivity contribution in [3.8, 4) is 0 Å². The molecule has 0 saturated heterocycles. The lowest BCUT2D eigenvalue weighted by molar-refractivity contribution is 0.0488. The normalized spacial score (nSPS) is 24.7. The van der Waals surface area contributed by atoms with Gasteiger partial charge in [0.05, 0.1) is 6.10 Å². The second-order valence-electron chi connectivity index (χ2n) is 7.41. The van der Waals surface area contributed by atoms with E-state index in [1.54, 1.807) is 0 Å². The van der Waals surface area contributed by atoms with E-state index in [-0.39, 0.29) is 24.2 Å². The molecule has 1 amide bonds. The number of rotatable bonds is 5. The van der Waals surface area contributed by atoms with Crippen molar-refractivity contribution < 1.29 is 14.6 Å². The Morgan fingerprint density at radius 1 is 1.19 bits per heavy atom. The summed E-state index contributed by atoms with van der Waals surface area (Å²) in [6, 6.07) is 0.642. The molecule has 1 atom stereocenters. The lowest BCUT2D eigenvalue weighted by atomic mass is 9.91. The molecule has 0 aromatic rings. The molecule has 0 aromatic carbocycles. The van der Waals surface area contributed by atoms with E-state index in [1.807, 2.05) is 34.6 Å². The number of carbonyl (C=O) groups is 1. The highest BCUT2D eigenvalue weighted by Gasteiger charge is 2.25. The molecule has 1 fully saturated rings. The van der Waals surface area contributed by atoms with Gasteiger partial charge in [0.2, 0.25) is 0 Å². The molecule has 0 heterocycles. The first-order chi connectivity index (χ1) is 9.67. The summed E-state index contributed by atoms with van der Waals surface area (Å²) in [4.78, 5) is 11.7. The predicted octanol–water partition coefficient (Wildman–Crippen LogP) is 2.43. The van der Waals surface area contributed by atoms with E-state index in [1.165, 1.54) is 0 Å². The Morgan fingerprint density at radius 2 is 1.71 bits per heavy atom. The molecule has 3 N–H and O–H groups in total. The molecule has 1 unspecified atom stereocenters. The van der Waals surface area contributed by atoms with Gasteiger partial charge in [-0.15, -0.1) is 0 Å². The van der Waals surface area contributed by atoms with Crippen LogP contribution >= 0.6 is 0 Å². The van der Waals surface area contributed by atoms with Gasteiger partial charge in [0, 0.05) is 18.6 Å². The van der Waals surface area contributed by atoms with Crippen molar-refractivity contribution in [3.05, 3.63) is 0 Å². The van der Waals surface area contributed by atoms with E-state index in [9.17, 15) is 9.90 Å². The smallest absolute Gasteiger partial charge is 0.407 e. The first-order valence-electron chi connectivity index (χ1n) is 8.08. The third-order valence-electron chi connectivity index (χ3n) is 3.83. The van der Waals surface area contributed by atoms with Gasteiger partial charge in [-0.05, 0) is 52.4 Å². The summed E-state index contributed by atoms with van der Waals surface area (Å²) in [5, 5.41) is 16.2. The van der Waals surface area contributed by atoms with Crippen LogP contribution in [0.3, 0.4) is 0 Å². The monoisotopic (exact) mass is 300 g/mol. The maximum absolute atomic E-state index is 11.7. The second kappa shape index (κ2) is 7.99. The number of carbonyl (C=O) groups excluding carboxylic acids is 1. The minimum Gasteiger partial charge on any atom is -0.444 e. The fourth-order valence-corrected chi connectivity index (χ4v) is 2.44. The number of aliphatic hydroxyl groups is 1. The van der Waals surface area contributed by atoms with Crippen LogP contribution in [-0.2, 0) is 4.74 Å². The highest BCUT2D eigenvalue weighted by atomic mass is 16.6. The van der Waals surface area contributed by atoms with Crippen LogP contribution < -0.4 is 10.6 Å². The summed E-state index contributed by atoms with van der Waals surface area (Å²) < 4.78 is 5.27. The lowest BCUT2D eigenvalue weighted by Crippen LogP contribution is -2.45. The van der Waals surface area contributed by atoms with E-state index in [4.69, 9.17) is 4.74 Å². The SMILES string of the molecule is CC(C)C(O)CNC1CCC(NC(=O)OC(C)(C)C)CC1. The summed E-state index contributed by atoms with van der Waals surface area (Å²) >= 11 is 0. The molecular weight excluding hydrogens is 268 g/mol. The molecule has 21 heavy (non-hydrogen) atoms. The third kappa shape index (κ3) is 7.67. The molecule has 5 nitrogen and oxygen atoms in total. The van der Waals surface area contributed by atoms with Crippen molar-refractivity contribution >= 4 is 6.09 Å². The van der Waals surface area contributed by atoms with E-state index in [2.05, 4.69) is 10.6 Å². The number of hydrogen-bond acceptors (Lipinski definition) is 4. The van der Waals surface area contributed by atoms with Gasteiger partial charge in [0.15, 0.2) is 0 Å². The summed E-state index contributed by atoms with van der Waals surface area (Å²) in [5.74, 6) is 0.280. The Bertz CT molecular complexity index is 318. The molecule has 124 valence electrons. The molecule has 0 bridgehead atoms. The number of amides is 1. The van der Waals surface area contributed by atoms with Crippen molar-refractivity contribution in [2.75, 3.05) is 6.54 Å². The van der Waals surface area contributed by atoms with Crippen LogP contribution in [0.15, 0.2) is 0 Å². The molecule has 0 aromatic heterocycles. The quantitative estimate of drug-likeness (QED) is 0.729. The minimum atomic E-state index is -0.449. The van der Waals surface area contributed by atoms with Crippen LogP contribution in [0.5, 0.6) is 0 Å². The van der Waals surface area contributed by atoms with Crippen molar-refractivity contribution in [1.29, 1.82) is 0 Å². The van der Waals surface area contributed by atoms with Crippen molar-refractivity contribution in [3.63, 3.8) is 0 Å². The van der Waals surface area contributed by atoms with E-state index >= 15 is 0 Å². The first-order valence-corrected chi connectivity index (χ1v) is 8.08. The average molecular weight is 300 g/mol. The van der Waals surface area contributed by atoms with Crippen molar-refractivity contribution in [2.24, 2.45) is 5.92 Å². The van der Waals surface area contributed by atoms with Gasteiger partial charge in [-0.25, -0.2) is 4.79 Å². The number of aliphatic hydroxyl groups excluding tert-OH is 1. The molecule has 1 aliphatic rings. The van der Waals surface area contributed by atoms with Gasteiger partial charge in [-0.3, -0.25) is 0 Å². The zero-order valence-electron chi connectivity index (χ0n) is 14.1. The minimum absolute atomic E-state index is 0.202. The fraction of sp³-hybridized carbons (Fsp3) is 0.938. The second-order valence-corrected chi connectivity index (χ2v) is 7.41. The number of ether oxygens (including phenoxy) is 1. The molecular formula is C16H32N2O3. The van der Waals surface area contributed by atoms with Crippen LogP contribution in [0.1, 0.15) is 60.3 Å². The van der Waals surface area contributed by atoms with Gasteiger partial charge in [-0.1, -0.05) is 13.8 Å². The summed E-state index contributed by atoms with van der Waals surface area (Å²) in [7, 11) is 0.